The maximum atomic E-state index is 11.0. The molecule has 0 unspecified atom stereocenters. The smallest absolute Gasteiger partial charge is 0.325 e. The molecule has 1 aromatic rings. The summed E-state index contributed by atoms with van der Waals surface area (Å²) in [5.41, 5.74) is 2.32. The van der Waals surface area contributed by atoms with Crippen LogP contribution in [0, 0.1) is 0 Å². The summed E-state index contributed by atoms with van der Waals surface area (Å²) in [6.45, 7) is -0.0304. The highest BCUT2D eigenvalue weighted by atomic mass is 16.5. The van der Waals surface area contributed by atoms with Gasteiger partial charge in [0.2, 0.25) is 17.8 Å². The van der Waals surface area contributed by atoms with Crippen molar-refractivity contribution in [3.63, 3.8) is 0 Å². The molecule has 1 aromatic heterocycles. The first-order valence-electron chi connectivity index (χ1n) is 4.77. The van der Waals surface area contributed by atoms with E-state index in [1.54, 1.807) is 19.0 Å². The van der Waals surface area contributed by atoms with E-state index in [2.05, 4.69) is 30.4 Å². The van der Waals surface area contributed by atoms with Crippen molar-refractivity contribution in [2.75, 3.05) is 43.4 Å². The van der Waals surface area contributed by atoms with Gasteiger partial charge in [0.1, 0.15) is 6.54 Å². The fourth-order valence-corrected chi connectivity index (χ4v) is 0.932. The van der Waals surface area contributed by atoms with Crippen molar-refractivity contribution < 1.29 is 9.53 Å². The summed E-state index contributed by atoms with van der Waals surface area (Å²) in [5, 5.41) is 2.71. The molecular formula is C8H15N7O2. The molecule has 0 saturated heterocycles. The fourth-order valence-electron chi connectivity index (χ4n) is 0.932. The average Bonchev–Trinajstić information content (AvgIpc) is 2.35. The van der Waals surface area contributed by atoms with Crippen LogP contribution in [0.25, 0.3) is 0 Å². The third-order valence-corrected chi connectivity index (χ3v) is 1.77. The maximum absolute atomic E-state index is 11.0. The third-order valence-electron chi connectivity index (χ3n) is 1.77. The molecule has 17 heavy (non-hydrogen) atoms. The van der Waals surface area contributed by atoms with E-state index in [0.717, 1.165) is 0 Å². The van der Waals surface area contributed by atoms with Gasteiger partial charge in [-0.2, -0.15) is 15.0 Å². The monoisotopic (exact) mass is 241 g/mol. The number of carbonyl (C=O) groups is 1. The quantitative estimate of drug-likeness (QED) is 0.332. The number of nitrogen functional groups attached to an aromatic ring is 1. The van der Waals surface area contributed by atoms with Gasteiger partial charge in [0.15, 0.2) is 0 Å². The van der Waals surface area contributed by atoms with Crippen LogP contribution in [0.4, 0.5) is 17.8 Å². The summed E-state index contributed by atoms with van der Waals surface area (Å²) in [5.74, 6) is 5.67. The Hall–Kier alpha value is -2.16. The normalized spacial score (nSPS) is 9.65. The van der Waals surface area contributed by atoms with Crippen LogP contribution in [0.5, 0.6) is 0 Å². The molecule has 0 atom stereocenters. The molecule has 9 nitrogen and oxygen atoms in total. The lowest BCUT2D eigenvalue weighted by atomic mass is 10.6. The topological polar surface area (TPSA) is 118 Å². The Labute approximate surface area is 98.4 Å². The standard InChI is InChI=1S/C8H15N7O2/c1-15(2)8-12-6(10-4-5(16)17-3)11-7(13-8)14-9/h4,9H2,1-3H3,(H2,10,11,12,13,14). The van der Waals surface area contributed by atoms with Crippen molar-refractivity contribution >= 4 is 23.8 Å². The maximum Gasteiger partial charge on any atom is 0.325 e. The SMILES string of the molecule is COC(=O)CNc1nc(NN)nc(N(C)C)n1. The Bertz CT molecular complexity index is 395. The number of rotatable bonds is 5. The van der Waals surface area contributed by atoms with E-state index in [9.17, 15) is 4.79 Å². The molecule has 0 fully saturated rings. The minimum atomic E-state index is -0.418. The van der Waals surface area contributed by atoms with Gasteiger partial charge in [-0.15, -0.1) is 0 Å². The number of hydrogen-bond donors (Lipinski definition) is 3. The van der Waals surface area contributed by atoms with Crippen LogP contribution in [0.2, 0.25) is 0 Å². The zero-order chi connectivity index (χ0) is 12.8. The lowest BCUT2D eigenvalue weighted by molar-refractivity contribution is -0.138. The molecule has 4 N–H and O–H groups in total. The number of methoxy groups -OCH3 is 1. The minimum Gasteiger partial charge on any atom is -0.468 e. The molecular weight excluding hydrogens is 226 g/mol. The van der Waals surface area contributed by atoms with Crippen LogP contribution in [-0.4, -0.2) is 48.7 Å². The number of ether oxygens (including phenoxy) is 1. The second-order valence-electron chi connectivity index (χ2n) is 3.25. The van der Waals surface area contributed by atoms with Gasteiger partial charge in [-0.1, -0.05) is 0 Å². The van der Waals surface area contributed by atoms with Crippen LogP contribution < -0.4 is 21.5 Å². The molecule has 1 heterocycles. The van der Waals surface area contributed by atoms with E-state index in [-0.39, 0.29) is 18.4 Å². The van der Waals surface area contributed by atoms with Gasteiger partial charge in [-0.3, -0.25) is 10.2 Å². The Morgan fingerprint density at radius 2 is 2.00 bits per heavy atom. The number of nitrogens with two attached hydrogens (primary N) is 1. The first-order chi connectivity index (χ1) is 8.06. The van der Waals surface area contributed by atoms with Gasteiger partial charge in [0.05, 0.1) is 7.11 Å². The van der Waals surface area contributed by atoms with Gasteiger partial charge < -0.3 is 15.0 Å². The molecule has 0 aliphatic carbocycles. The minimum absolute atomic E-state index is 0.0304. The van der Waals surface area contributed by atoms with Crippen LogP contribution in [0.1, 0.15) is 0 Å². The Balaban J connectivity index is 2.83. The van der Waals surface area contributed by atoms with Gasteiger partial charge >= 0.3 is 5.97 Å². The highest BCUT2D eigenvalue weighted by Crippen LogP contribution is 2.10. The van der Waals surface area contributed by atoms with Crippen molar-refractivity contribution in [3.05, 3.63) is 0 Å². The number of nitrogens with zero attached hydrogens (tertiary/aromatic N) is 4. The van der Waals surface area contributed by atoms with Gasteiger partial charge in [0.25, 0.3) is 0 Å². The lowest BCUT2D eigenvalue weighted by Gasteiger charge is -2.12. The molecule has 0 aromatic carbocycles. The number of carbonyl (C=O) groups excluding carboxylic acids is 1. The lowest BCUT2D eigenvalue weighted by Crippen LogP contribution is -2.21. The Morgan fingerprint density at radius 1 is 1.35 bits per heavy atom. The highest BCUT2D eigenvalue weighted by molar-refractivity contribution is 5.74. The molecule has 94 valence electrons. The third kappa shape index (κ3) is 3.72. The van der Waals surface area contributed by atoms with Crippen LogP contribution in [-0.2, 0) is 9.53 Å². The Kier molecular flexibility index (Phi) is 4.40. The van der Waals surface area contributed by atoms with E-state index in [1.165, 1.54) is 7.11 Å². The van der Waals surface area contributed by atoms with Crippen LogP contribution in [0.15, 0.2) is 0 Å². The number of hydrogen-bond acceptors (Lipinski definition) is 9. The van der Waals surface area contributed by atoms with Crippen LogP contribution in [0.3, 0.4) is 0 Å². The van der Waals surface area contributed by atoms with E-state index in [4.69, 9.17) is 5.84 Å². The Morgan fingerprint density at radius 3 is 2.53 bits per heavy atom. The van der Waals surface area contributed by atoms with E-state index in [0.29, 0.717) is 5.95 Å². The number of esters is 1. The average molecular weight is 241 g/mol. The molecule has 9 heteroatoms. The van der Waals surface area contributed by atoms with Crippen molar-refractivity contribution in [1.29, 1.82) is 0 Å². The first-order valence-corrected chi connectivity index (χ1v) is 4.77. The van der Waals surface area contributed by atoms with E-state index in [1.807, 2.05) is 0 Å². The van der Waals surface area contributed by atoms with Crippen molar-refractivity contribution in [2.24, 2.45) is 5.84 Å². The molecule has 0 aliphatic heterocycles. The molecule has 1 rings (SSSR count). The molecule has 0 radical (unpaired) electrons. The first kappa shape index (κ1) is 12.9. The summed E-state index contributed by atoms with van der Waals surface area (Å²) >= 11 is 0. The highest BCUT2D eigenvalue weighted by Gasteiger charge is 2.08. The molecule has 0 bridgehead atoms. The molecule has 0 amide bonds. The number of anilines is 3. The summed E-state index contributed by atoms with van der Waals surface area (Å²) in [6, 6.07) is 0. The predicted octanol–water partition coefficient (Wildman–Crippen LogP) is -1.19. The van der Waals surface area contributed by atoms with Crippen molar-refractivity contribution in [2.45, 2.75) is 0 Å². The second-order valence-corrected chi connectivity index (χ2v) is 3.25. The number of aromatic nitrogens is 3. The molecule has 0 spiro atoms. The zero-order valence-corrected chi connectivity index (χ0v) is 9.89. The van der Waals surface area contributed by atoms with Gasteiger partial charge in [-0.25, -0.2) is 5.84 Å². The van der Waals surface area contributed by atoms with Crippen molar-refractivity contribution in [3.8, 4) is 0 Å². The van der Waals surface area contributed by atoms with E-state index < -0.39 is 5.97 Å². The zero-order valence-electron chi connectivity index (χ0n) is 9.89. The molecule has 0 aliphatic rings. The van der Waals surface area contributed by atoms with Gasteiger partial charge in [-0.05, 0) is 0 Å². The summed E-state index contributed by atoms with van der Waals surface area (Å²) in [7, 11) is 4.86. The van der Waals surface area contributed by atoms with Gasteiger partial charge in [0, 0.05) is 14.1 Å². The predicted molar refractivity (Wildman–Crippen MR) is 62.5 cm³/mol. The summed E-state index contributed by atoms with van der Waals surface area (Å²) in [6.07, 6.45) is 0. The second kappa shape index (κ2) is 5.80. The largest absolute Gasteiger partial charge is 0.468 e. The fraction of sp³-hybridized carbons (Fsp3) is 0.500. The van der Waals surface area contributed by atoms with E-state index >= 15 is 0 Å². The molecule has 0 saturated carbocycles. The van der Waals surface area contributed by atoms with Crippen LogP contribution >= 0.6 is 0 Å². The number of hydrazine groups is 1. The summed E-state index contributed by atoms with van der Waals surface area (Å²) < 4.78 is 4.48. The summed E-state index contributed by atoms with van der Waals surface area (Å²) in [4.78, 5) is 24.7. The van der Waals surface area contributed by atoms with Crippen molar-refractivity contribution in [1.82, 2.24) is 15.0 Å². The number of nitrogens with one attached hydrogen (secondary N) is 2.